The first-order valence-corrected chi connectivity index (χ1v) is 5.39. The van der Waals surface area contributed by atoms with Gasteiger partial charge in [-0.15, -0.1) is 0 Å². The second kappa shape index (κ2) is 4.39. The molecule has 0 aliphatic carbocycles. The Hall–Kier alpha value is -1.13. The Morgan fingerprint density at radius 2 is 2.19 bits per heavy atom. The third kappa shape index (κ3) is 2.03. The van der Waals surface area contributed by atoms with Gasteiger partial charge in [0.05, 0.1) is 7.11 Å². The lowest BCUT2D eigenvalue weighted by molar-refractivity contribution is 0.404. The summed E-state index contributed by atoms with van der Waals surface area (Å²) in [6.45, 7) is 1.63. The summed E-state index contributed by atoms with van der Waals surface area (Å²) in [6.07, 6.45) is 0. The van der Waals surface area contributed by atoms with Crippen molar-refractivity contribution in [2.75, 3.05) is 27.2 Å². The molecule has 16 heavy (non-hydrogen) atoms. The third-order valence-electron chi connectivity index (χ3n) is 3.15. The van der Waals surface area contributed by atoms with Gasteiger partial charge in [-0.1, -0.05) is 6.07 Å². The number of halogens is 1. The Labute approximate surface area is 95.0 Å². The van der Waals surface area contributed by atoms with E-state index >= 15 is 0 Å². The first-order chi connectivity index (χ1) is 7.61. The zero-order valence-electron chi connectivity index (χ0n) is 9.61. The first kappa shape index (κ1) is 11.4. The highest BCUT2D eigenvalue weighted by Crippen LogP contribution is 2.29. The van der Waals surface area contributed by atoms with E-state index in [0.29, 0.717) is 11.3 Å². The van der Waals surface area contributed by atoms with Gasteiger partial charge in [0, 0.05) is 31.1 Å². The number of ether oxygens (including phenoxy) is 1. The Balaban J connectivity index is 2.27. The molecule has 1 aromatic rings. The topological polar surface area (TPSA) is 38.5 Å². The molecule has 1 fully saturated rings. The monoisotopic (exact) mass is 224 g/mol. The van der Waals surface area contributed by atoms with Crippen LogP contribution in [0.25, 0.3) is 0 Å². The number of nitrogens with zero attached hydrogens (tertiary/aromatic N) is 1. The molecule has 4 heteroatoms. The highest BCUT2D eigenvalue weighted by molar-refractivity contribution is 5.32. The summed E-state index contributed by atoms with van der Waals surface area (Å²) in [7, 11) is 3.53. The van der Waals surface area contributed by atoms with Crippen LogP contribution >= 0.6 is 0 Å². The average Bonchev–Trinajstić information content (AvgIpc) is 2.57. The minimum absolute atomic E-state index is 0.00731. The van der Waals surface area contributed by atoms with E-state index < -0.39 is 0 Å². The molecule has 3 nitrogen and oxygen atoms in total. The van der Waals surface area contributed by atoms with E-state index in [0.717, 1.165) is 13.1 Å². The van der Waals surface area contributed by atoms with Crippen molar-refractivity contribution >= 4 is 0 Å². The molecule has 0 radical (unpaired) electrons. The molecule has 2 unspecified atom stereocenters. The van der Waals surface area contributed by atoms with Crippen molar-refractivity contribution in [3.05, 3.63) is 29.6 Å². The van der Waals surface area contributed by atoms with Crippen LogP contribution in [-0.2, 0) is 0 Å². The molecule has 1 aromatic carbocycles. The highest BCUT2D eigenvalue weighted by Gasteiger charge is 2.30. The van der Waals surface area contributed by atoms with Crippen LogP contribution in [0, 0.1) is 5.82 Å². The van der Waals surface area contributed by atoms with Crippen molar-refractivity contribution in [1.29, 1.82) is 0 Å². The van der Waals surface area contributed by atoms with Crippen molar-refractivity contribution in [1.82, 2.24) is 4.90 Å². The summed E-state index contributed by atoms with van der Waals surface area (Å²) in [5.41, 5.74) is 6.69. The van der Waals surface area contributed by atoms with Crippen molar-refractivity contribution in [2.45, 2.75) is 12.0 Å². The molecule has 2 N–H and O–H groups in total. The van der Waals surface area contributed by atoms with E-state index in [1.807, 2.05) is 7.05 Å². The molecule has 88 valence electrons. The Morgan fingerprint density at radius 3 is 2.69 bits per heavy atom. The zero-order chi connectivity index (χ0) is 11.7. The molecule has 0 aromatic heterocycles. The van der Waals surface area contributed by atoms with Crippen LogP contribution in [0.1, 0.15) is 11.5 Å². The fourth-order valence-corrected chi connectivity index (χ4v) is 2.30. The van der Waals surface area contributed by atoms with E-state index in [9.17, 15) is 4.39 Å². The summed E-state index contributed by atoms with van der Waals surface area (Å²) in [6, 6.07) is 4.98. The van der Waals surface area contributed by atoms with Gasteiger partial charge in [-0.2, -0.15) is 0 Å². The minimum atomic E-state index is -0.227. The maximum Gasteiger partial charge on any atom is 0.130 e. The zero-order valence-corrected chi connectivity index (χ0v) is 9.61. The number of hydrogen-bond donors (Lipinski definition) is 1. The molecule has 2 atom stereocenters. The number of rotatable bonds is 2. The fourth-order valence-electron chi connectivity index (χ4n) is 2.30. The molecule has 2 rings (SSSR count). The fraction of sp³-hybridized carbons (Fsp3) is 0.500. The Bertz CT molecular complexity index is 383. The standard InChI is InChI=1S/C12H17FN2O/c1-15-6-10(12(14)7-15)9-4-3-8(16-2)5-11(9)13/h3-5,10,12H,6-7,14H2,1-2H3. The lowest BCUT2D eigenvalue weighted by atomic mass is 9.94. The second-order valence-electron chi connectivity index (χ2n) is 4.38. The van der Waals surface area contributed by atoms with Crippen LogP contribution in [0.3, 0.4) is 0 Å². The Morgan fingerprint density at radius 1 is 1.44 bits per heavy atom. The van der Waals surface area contributed by atoms with Crippen LogP contribution in [0.5, 0.6) is 5.75 Å². The van der Waals surface area contributed by atoms with Crippen LogP contribution < -0.4 is 10.5 Å². The van der Waals surface area contributed by atoms with Gasteiger partial charge in [0.25, 0.3) is 0 Å². The summed E-state index contributed by atoms with van der Waals surface area (Å²) >= 11 is 0. The molecule has 1 saturated heterocycles. The maximum atomic E-state index is 13.8. The van der Waals surface area contributed by atoms with Gasteiger partial charge < -0.3 is 15.4 Å². The molecule has 0 amide bonds. The van der Waals surface area contributed by atoms with E-state index in [1.54, 1.807) is 12.1 Å². The number of hydrogen-bond acceptors (Lipinski definition) is 3. The molecule has 0 saturated carbocycles. The number of methoxy groups -OCH3 is 1. The normalized spacial score (nSPS) is 26.0. The van der Waals surface area contributed by atoms with Gasteiger partial charge in [-0.25, -0.2) is 4.39 Å². The van der Waals surface area contributed by atoms with Crippen LogP contribution in [0.2, 0.25) is 0 Å². The number of nitrogens with two attached hydrogens (primary N) is 1. The average molecular weight is 224 g/mol. The van der Waals surface area contributed by atoms with Gasteiger partial charge in [0.15, 0.2) is 0 Å². The predicted octanol–water partition coefficient (Wildman–Crippen LogP) is 1.19. The molecule has 0 bridgehead atoms. The van der Waals surface area contributed by atoms with Gasteiger partial charge in [-0.05, 0) is 18.7 Å². The van der Waals surface area contributed by atoms with E-state index in [4.69, 9.17) is 10.5 Å². The van der Waals surface area contributed by atoms with Crippen molar-refractivity contribution in [3.8, 4) is 5.75 Å². The molecular formula is C12H17FN2O. The molecule has 1 aliphatic heterocycles. The third-order valence-corrected chi connectivity index (χ3v) is 3.15. The number of likely N-dealkylation sites (N-methyl/N-ethyl adjacent to an activating group) is 1. The van der Waals surface area contributed by atoms with E-state index in [2.05, 4.69) is 4.90 Å². The van der Waals surface area contributed by atoms with Crippen LogP contribution in [0.4, 0.5) is 4.39 Å². The van der Waals surface area contributed by atoms with Gasteiger partial charge >= 0.3 is 0 Å². The summed E-state index contributed by atoms with van der Waals surface area (Å²) in [5.74, 6) is 0.396. The van der Waals surface area contributed by atoms with E-state index in [-0.39, 0.29) is 17.8 Å². The van der Waals surface area contributed by atoms with Crippen molar-refractivity contribution in [3.63, 3.8) is 0 Å². The van der Waals surface area contributed by atoms with Gasteiger partial charge in [-0.3, -0.25) is 0 Å². The molecular weight excluding hydrogens is 207 g/mol. The first-order valence-electron chi connectivity index (χ1n) is 5.39. The summed E-state index contributed by atoms with van der Waals surface area (Å²) in [5, 5.41) is 0. The molecule has 0 spiro atoms. The summed E-state index contributed by atoms with van der Waals surface area (Å²) in [4.78, 5) is 2.12. The summed E-state index contributed by atoms with van der Waals surface area (Å²) < 4.78 is 18.8. The maximum absolute atomic E-state index is 13.8. The van der Waals surface area contributed by atoms with Crippen LogP contribution in [-0.4, -0.2) is 38.2 Å². The van der Waals surface area contributed by atoms with Crippen molar-refractivity contribution in [2.24, 2.45) is 5.73 Å². The van der Waals surface area contributed by atoms with E-state index in [1.165, 1.54) is 13.2 Å². The number of benzene rings is 1. The van der Waals surface area contributed by atoms with Gasteiger partial charge in [0.2, 0.25) is 0 Å². The quantitative estimate of drug-likeness (QED) is 0.820. The van der Waals surface area contributed by atoms with Gasteiger partial charge in [0.1, 0.15) is 11.6 Å². The largest absolute Gasteiger partial charge is 0.497 e. The molecule has 1 heterocycles. The van der Waals surface area contributed by atoms with Crippen molar-refractivity contribution < 1.29 is 9.13 Å². The Kier molecular flexibility index (Phi) is 3.12. The lowest BCUT2D eigenvalue weighted by Crippen LogP contribution is -2.28. The minimum Gasteiger partial charge on any atom is -0.497 e. The number of likely N-dealkylation sites (tertiary alicyclic amines) is 1. The predicted molar refractivity (Wildman–Crippen MR) is 61.2 cm³/mol. The lowest BCUT2D eigenvalue weighted by Gasteiger charge is -2.16. The second-order valence-corrected chi connectivity index (χ2v) is 4.38. The smallest absolute Gasteiger partial charge is 0.130 e. The highest BCUT2D eigenvalue weighted by atomic mass is 19.1. The van der Waals surface area contributed by atoms with Crippen LogP contribution in [0.15, 0.2) is 18.2 Å². The SMILES string of the molecule is COc1ccc(C2CN(C)CC2N)c(F)c1. The molecule has 1 aliphatic rings.